The zero-order valence-corrected chi connectivity index (χ0v) is 18.6. The number of carbonyl (C=O) groups excluding carboxylic acids is 1. The lowest BCUT2D eigenvalue weighted by Gasteiger charge is -2.26. The maximum Gasteiger partial charge on any atom is 0.222 e. The number of para-hydroxylation sites is 2. The van der Waals surface area contributed by atoms with E-state index >= 15 is 0 Å². The van der Waals surface area contributed by atoms with Crippen LogP contribution in [-0.2, 0) is 9.53 Å². The number of hydrogen-bond acceptors (Lipinski definition) is 5. The minimum atomic E-state index is 0.206. The number of carbonyl (C=O) groups is 1. The van der Waals surface area contributed by atoms with Gasteiger partial charge in [0.25, 0.3) is 0 Å². The van der Waals surface area contributed by atoms with Crippen molar-refractivity contribution in [1.29, 1.82) is 0 Å². The lowest BCUT2D eigenvalue weighted by Crippen LogP contribution is -2.40. The van der Waals surface area contributed by atoms with E-state index in [9.17, 15) is 4.79 Å². The van der Waals surface area contributed by atoms with Gasteiger partial charge in [-0.25, -0.2) is 0 Å². The number of thioether (sulfide) groups is 1. The van der Waals surface area contributed by atoms with Gasteiger partial charge in [0.2, 0.25) is 5.91 Å². The second kappa shape index (κ2) is 9.58. The maximum absolute atomic E-state index is 12.4. The highest BCUT2D eigenvalue weighted by Gasteiger charge is 2.19. The largest absolute Gasteiger partial charge is 0.378 e. The van der Waals surface area contributed by atoms with Crippen molar-refractivity contribution in [3.63, 3.8) is 0 Å². The zero-order chi connectivity index (χ0) is 21.8. The molecule has 8 heteroatoms. The fraction of sp³-hybridized carbons (Fsp3) is 0.292. The summed E-state index contributed by atoms with van der Waals surface area (Å²) in [6, 6.07) is 20.4. The first-order valence-corrected chi connectivity index (χ1v) is 11.9. The highest BCUT2D eigenvalue weighted by atomic mass is 32.2. The van der Waals surface area contributed by atoms with E-state index in [0.717, 1.165) is 45.4 Å². The average Bonchev–Trinajstić information content (AvgIpc) is 3.47. The molecule has 3 heterocycles. The molecule has 0 radical (unpaired) electrons. The Morgan fingerprint density at radius 1 is 1.03 bits per heavy atom. The van der Waals surface area contributed by atoms with Crippen LogP contribution >= 0.6 is 11.8 Å². The van der Waals surface area contributed by atoms with Crippen molar-refractivity contribution in [2.75, 3.05) is 32.1 Å². The molecule has 0 unspecified atom stereocenters. The van der Waals surface area contributed by atoms with E-state index in [1.807, 2.05) is 35.2 Å². The summed E-state index contributed by atoms with van der Waals surface area (Å²) in [4.78, 5) is 17.8. The Hall–Kier alpha value is -3.10. The molecule has 0 spiro atoms. The van der Waals surface area contributed by atoms with E-state index in [-0.39, 0.29) is 5.91 Å². The first-order chi connectivity index (χ1) is 15.8. The van der Waals surface area contributed by atoms with Gasteiger partial charge in [-0.3, -0.25) is 9.36 Å². The summed E-state index contributed by atoms with van der Waals surface area (Å²) in [7, 11) is 0. The Morgan fingerprint density at radius 2 is 1.81 bits per heavy atom. The lowest BCUT2D eigenvalue weighted by molar-refractivity contribution is -0.135. The van der Waals surface area contributed by atoms with E-state index in [1.165, 1.54) is 0 Å². The molecule has 0 atom stereocenters. The number of aromatic amines is 1. The Balaban J connectivity index is 1.34. The third-order valence-electron chi connectivity index (χ3n) is 5.55. The monoisotopic (exact) mass is 447 g/mol. The molecule has 164 valence electrons. The molecular weight excluding hydrogens is 422 g/mol. The number of ether oxygens (including phenoxy) is 1. The van der Waals surface area contributed by atoms with Gasteiger partial charge in [-0.2, -0.15) is 0 Å². The van der Waals surface area contributed by atoms with Crippen LogP contribution in [0.5, 0.6) is 0 Å². The summed E-state index contributed by atoms with van der Waals surface area (Å²) in [6.07, 6.45) is 1.34. The maximum atomic E-state index is 12.4. The van der Waals surface area contributed by atoms with Crippen LogP contribution in [0.3, 0.4) is 0 Å². The number of morpholine rings is 1. The summed E-state index contributed by atoms with van der Waals surface area (Å²) in [6.45, 7) is 2.67. The normalized spacial score (nSPS) is 14.2. The average molecular weight is 448 g/mol. The lowest BCUT2D eigenvalue weighted by atomic mass is 10.2. The van der Waals surface area contributed by atoms with Gasteiger partial charge >= 0.3 is 0 Å². The Bertz CT molecular complexity index is 1160. The van der Waals surface area contributed by atoms with Gasteiger partial charge in [-0.1, -0.05) is 48.2 Å². The second-order valence-corrected chi connectivity index (χ2v) is 8.75. The van der Waals surface area contributed by atoms with E-state index in [1.54, 1.807) is 11.8 Å². The molecule has 1 fully saturated rings. The molecular formula is C24H25N5O2S. The topological polar surface area (TPSA) is 76.0 Å². The summed E-state index contributed by atoms with van der Waals surface area (Å²) < 4.78 is 7.41. The van der Waals surface area contributed by atoms with Crippen LogP contribution in [0.25, 0.3) is 28.1 Å². The third kappa shape index (κ3) is 4.42. The van der Waals surface area contributed by atoms with Crippen molar-refractivity contribution < 1.29 is 9.53 Å². The van der Waals surface area contributed by atoms with Crippen LogP contribution in [0.1, 0.15) is 12.8 Å². The van der Waals surface area contributed by atoms with E-state index in [2.05, 4.69) is 50.1 Å². The smallest absolute Gasteiger partial charge is 0.222 e. The van der Waals surface area contributed by atoms with Crippen LogP contribution in [0, 0.1) is 0 Å². The van der Waals surface area contributed by atoms with Crippen molar-refractivity contribution in [2.24, 2.45) is 0 Å². The van der Waals surface area contributed by atoms with Crippen molar-refractivity contribution >= 4 is 28.6 Å². The quantitative estimate of drug-likeness (QED) is 0.340. The van der Waals surface area contributed by atoms with E-state index in [4.69, 9.17) is 4.74 Å². The summed E-state index contributed by atoms with van der Waals surface area (Å²) >= 11 is 1.63. The summed E-state index contributed by atoms with van der Waals surface area (Å²) in [5, 5.41) is 11.0. The predicted octanol–water partition coefficient (Wildman–Crippen LogP) is 4.15. The minimum absolute atomic E-state index is 0.206. The standard InChI is InChI=1S/C24H25N5O2S/c30-22(28-12-14-31-15-13-28)11-6-16-32-24-27-26-23(29(24)19-8-2-1-3-9-19)21-17-18-7-4-5-10-20(18)25-21/h1-5,7-10,17,25H,6,11-16H2. The molecule has 5 rings (SSSR count). The summed E-state index contributed by atoms with van der Waals surface area (Å²) in [5.74, 6) is 1.78. The molecule has 1 N–H and O–H groups in total. The van der Waals surface area contributed by atoms with Crippen molar-refractivity contribution in [3.05, 3.63) is 60.7 Å². The molecule has 0 bridgehead atoms. The Kier molecular flexibility index (Phi) is 6.22. The van der Waals surface area contributed by atoms with E-state index < -0.39 is 0 Å². The highest BCUT2D eigenvalue weighted by molar-refractivity contribution is 7.99. The van der Waals surface area contributed by atoms with Crippen LogP contribution in [0.15, 0.2) is 65.8 Å². The molecule has 2 aromatic heterocycles. The number of benzene rings is 2. The van der Waals surface area contributed by atoms with Crippen molar-refractivity contribution in [1.82, 2.24) is 24.6 Å². The molecule has 0 saturated carbocycles. The summed E-state index contributed by atoms with van der Waals surface area (Å²) in [5.41, 5.74) is 3.01. The molecule has 1 saturated heterocycles. The van der Waals surface area contributed by atoms with Crippen molar-refractivity contribution in [2.45, 2.75) is 18.0 Å². The SMILES string of the molecule is O=C(CCCSc1nnc(-c2cc3ccccc3[nH]2)n1-c1ccccc1)N1CCOCC1. The third-order valence-corrected chi connectivity index (χ3v) is 6.56. The molecule has 0 aliphatic carbocycles. The number of nitrogens with one attached hydrogen (secondary N) is 1. The fourth-order valence-corrected chi connectivity index (χ4v) is 4.79. The number of fused-ring (bicyclic) bond motifs is 1. The predicted molar refractivity (Wildman–Crippen MR) is 126 cm³/mol. The number of aromatic nitrogens is 4. The van der Waals surface area contributed by atoms with Crippen LogP contribution < -0.4 is 0 Å². The van der Waals surface area contributed by atoms with Gasteiger partial charge in [0.15, 0.2) is 11.0 Å². The molecule has 4 aromatic rings. The van der Waals surface area contributed by atoms with Crippen LogP contribution in [0.4, 0.5) is 0 Å². The van der Waals surface area contributed by atoms with Gasteiger partial charge in [0, 0.05) is 41.9 Å². The fourth-order valence-electron chi connectivity index (χ4n) is 3.90. The molecule has 1 aliphatic heterocycles. The van der Waals surface area contributed by atoms with Crippen LogP contribution in [0.2, 0.25) is 0 Å². The number of H-pyrrole nitrogens is 1. The Labute approximate surface area is 190 Å². The number of amides is 1. The number of rotatable bonds is 7. The zero-order valence-electron chi connectivity index (χ0n) is 17.7. The first kappa shape index (κ1) is 20.8. The highest BCUT2D eigenvalue weighted by Crippen LogP contribution is 2.30. The van der Waals surface area contributed by atoms with Crippen LogP contribution in [-0.4, -0.2) is 62.6 Å². The van der Waals surface area contributed by atoms with Gasteiger partial charge in [-0.05, 0) is 30.7 Å². The molecule has 2 aromatic carbocycles. The van der Waals surface area contributed by atoms with Gasteiger partial charge in [0.05, 0.1) is 18.9 Å². The van der Waals surface area contributed by atoms with Gasteiger partial charge in [-0.15, -0.1) is 10.2 Å². The first-order valence-electron chi connectivity index (χ1n) is 10.9. The number of hydrogen-bond donors (Lipinski definition) is 1. The Morgan fingerprint density at radius 3 is 2.62 bits per heavy atom. The van der Waals surface area contributed by atoms with E-state index in [0.29, 0.717) is 32.7 Å². The molecule has 1 aliphatic rings. The molecule has 32 heavy (non-hydrogen) atoms. The molecule has 1 amide bonds. The number of nitrogens with zero attached hydrogens (tertiary/aromatic N) is 4. The van der Waals surface area contributed by atoms with Gasteiger partial charge < -0.3 is 14.6 Å². The van der Waals surface area contributed by atoms with Gasteiger partial charge in [0.1, 0.15) is 0 Å². The minimum Gasteiger partial charge on any atom is -0.378 e. The molecule has 7 nitrogen and oxygen atoms in total. The second-order valence-electron chi connectivity index (χ2n) is 7.69. The van der Waals surface area contributed by atoms with Crippen molar-refractivity contribution in [3.8, 4) is 17.2 Å².